The summed E-state index contributed by atoms with van der Waals surface area (Å²) in [5, 5.41) is 9.14. The number of rotatable bonds is 13. The van der Waals surface area contributed by atoms with E-state index in [1.807, 2.05) is 48.4 Å². The molecule has 0 bridgehead atoms. The highest BCUT2D eigenvalue weighted by Crippen LogP contribution is 2.29. The molecule has 0 radical (unpaired) electrons. The number of piperidine rings is 4. The summed E-state index contributed by atoms with van der Waals surface area (Å²) in [6, 6.07) is 8.64. The van der Waals surface area contributed by atoms with Gasteiger partial charge in [-0.25, -0.2) is 4.79 Å². The lowest BCUT2D eigenvalue weighted by Crippen LogP contribution is -2.54. The number of amides is 5. The molecule has 6 rings (SSSR count). The van der Waals surface area contributed by atoms with Gasteiger partial charge in [0.2, 0.25) is 17.7 Å². The van der Waals surface area contributed by atoms with Crippen molar-refractivity contribution in [2.75, 3.05) is 58.9 Å². The van der Waals surface area contributed by atoms with Gasteiger partial charge in [0.25, 0.3) is 0 Å². The van der Waals surface area contributed by atoms with Gasteiger partial charge in [-0.15, -0.1) is 0 Å². The lowest BCUT2D eigenvalue weighted by molar-refractivity contribution is -0.140. The predicted octanol–water partition coefficient (Wildman–Crippen LogP) is 5.78. The predicted molar refractivity (Wildman–Crippen MR) is 232 cm³/mol. The van der Waals surface area contributed by atoms with Crippen molar-refractivity contribution in [3.63, 3.8) is 0 Å². The van der Waals surface area contributed by atoms with Crippen molar-refractivity contribution < 1.29 is 19.2 Å². The molecule has 4 saturated heterocycles. The number of hydrogen-bond acceptors (Lipinski definition) is 8. The molecule has 326 valence electrons. The van der Waals surface area contributed by atoms with Crippen LogP contribution < -0.4 is 16.0 Å². The van der Waals surface area contributed by atoms with Crippen LogP contribution in [0.1, 0.15) is 122 Å². The van der Waals surface area contributed by atoms with Crippen LogP contribution in [0.15, 0.2) is 49.1 Å². The fraction of sp³-hybridized carbons (Fsp3) is 0.696. The molecule has 1 atom stereocenters. The van der Waals surface area contributed by atoms with Gasteiger partial charge in [0.05, 0.1) is 0 Å². The van der Waals surface area contributed by atoms with Gasteiger partial charge in [-0.2, -0.15) is 0 Å². The third-order valence-electron chi connectivity index (χ3n) is 13.2. The van der Waals surface area contributed by atoms with E-state index in [1.165, 1.54) is 11.1 Å². The summed E-state index contributed by atoms with van der Waals surface area (Å²) < 4.78 is 0. The molecule has 2 aromatic heterocycles. The van der Waals surface area contributed by atoms with E-state index in [-0.39, 0.29) is 41.3 Å². The average molecular weight is 816 g/mol. The van der Waals surface area contributed by atoms with Crippen molar-refractivity contribution >= 4 is 23.8 Å². The number of hydrogen-bond donors (Lipinski definition) is 3. The molecule has 13 heteroatoms. The smallest absolute Gasteiger partial charge is 0.315 e. The highest BCUT2D eigenvalue weighted by molar-refractivity contribution is 5.81. The maximum atomic E-state index is 13.1. The maximum Gasteiger partial charge on any atom is 0.315 e. The standard InChI is InChI=1S/C24H39N5O2.C22H34N4O2/c1-5-24(3,4)27-23(31)26-21-10-16-29(17-11-21)22(30)20-8-14-28(15-9-20)18(2)19-6-12-25-13-7-19;1-2-3-10-24-21(27)19-8-15-26(16-9-19)22(28)20-6-13-25(14-7-20)17-18-4-11-23-12-5-18/h6-7,12-13,18,20-21H,5,8-11,14-17H2,1-4H3,(H2,26,27,31);4-5,11-12,19-20H,2-3,6-10,13-17H2,1H3,(H,24,27). The van der Waals surface area contributed by atoms with Gasteiger partial charge >= 0.3 is 6.03 Å². The molecule has 13 nitrogen and oxygen atoms in total. The zero-order chi connectivity index (χ0) is 42.2. The molecule has 4 aliphatic heterocycles. The number of pyridine rings is 2. The highest BCUT2D eigenvalue weighted by Gasteiger charge is 2.34. The van der Waals surface area contributed by atoms with Crippen LogP contribution in [-0.4, -0.2) is 124 Å². The van der Waals surface area contributed by atoms with Crippen LogP contribution in [0.25, 0.3) is 0 Å². The minimum Gasteiger partial charge on any atom is -0.356 e. The average Bonchev–Trinajstić information content (AvgIpc) is 3.27. The maximum absolute atomic E-state index is 13.1. The van der Waals surface area contributed by atoms with Crippen LogP contribution in [0.3, 0.4) is 0 Å². The number of aromatic nitrogens is 2. The van der Waals surface area contributed by atoms with Gasteiger partial charge < -0.3 is 25.8 Å². The SMILES string of the molecule is CCC(C)(C)NC(=O)NC1CCN(C(=O)C2CCN(C(C)c3ccncc3)CC2)CC1.CCCCNC(=O)C1CCN(C(=O)C2CCN(Cc3ccncc3)CC2)CC1. The summed E-state index contributed by atoms with van der Waals surface area (Å²) in [6.45, 7) is 18.9. The molecular formula is C46H73N9O4. The Bertz CT molecular complexity index is 1580. The van der Waals surface area contributed by atoms with Crippen LogP contribution in [-0.2, 0) is 20.9 Å². The zero-order valence-electron chi connectivity index (χ0n) is 36.7. The number of carbonyl (C=O) groups excluding carboxylic acids is 4. The molecule has 3 N–H and O–H groups in total. The number of urea groups is 1. The largest absolute Gasteiger partial charge is 0.356 e. The number of nitrogens with zero attached hydrogens (tertiary/aromatic N) is 6. The number of nitrogens with one attached hydrogen (secondary N) is 3. The van der Waals surface area contributed by atoms with Crippen molar-refractivity contribution in [3.8, 4) is 0 Å². The van der Waals surface area contributed by atoms with Gasteiger partial charge in [-0.05, 0) is 147 Å². The van der Waals surface area contributed by atoms with Crippen molar-refractivity contribution in [1.82, 2.24) is 45.5 Å². The van der Waals surface area contributed by atoms with E-state index in [9.17, 15) is 19.2 Å². The van der Waals surface area contributed by atoms with Gasteiger partial charge in [0.15, 0.2) is 0 Å². The summed E-state index contributed by atoms with van der Waals surface area (Å²) in [7, 11) is 0. The second-order valence-corrected chi connectivity index (χ2v) is 17.9. The lowest BCUT2D eigenvalue weighted by Gasteiger charge is -2.39. The van der Waals surface area contributed by atoms with E-state index in [0.29, 0.717) is 17.9 Å². The first kappa shape index (κ1) is 46.0. The fourth-order valence-corrected chi connectivity index (χ4v) is 8.74. The van der Waals surface area contributed by atoms with Crippen LogP contribution in [0.4, 0.5) is 4.79 Å². The van der Waals surface area contributed by atoms with Crippen molar-refractivity contribution in [3.05, 3.63) is 60.2 Å². The van der Waals surface area contributed by atoms with Crippen LogP contribution in [0, 0.1) is 17.8 Å². The summed E-state index contributed by atoms with van der Waals surface area (Å²) in [5.74, 6) is 1.11. The van der Waals surface area contributed by atoms with Crippen molar-refractivity contribution in [1.29, 1.82) is 0 Å². The first-order chi connectivity index (χ1) is 28.5. The summed E-state index contributed by atoms with van der Waals surface area (Å²) in [4.78, 5) is 67.5. The van der Waals surface area contributed by atoms with Crippen LogP contribution in [0.2, 0.25) is 0 Å². The van der Waals surface area contributed by atoms with Gasteiger partial charge in [0, 0.05) is 99.4 Å². The molecule has 0 aromatic carbocycles. The Kier molecular flexibility index (Phi) is 18.0. The quantitative estimate of drug-likeness (QED) is 0.216. The fourth-order valence-electron chi connectivity index (χ4n) is 8.74. The molecule has 1 unspecified atom stereocenters. The minimum absolute atomic E-state index is 0.0723. The summed E-state index contributed by atoms with van der Waals surface area (Å²) >= 11 is 0. The number of likely N-dealkylation sites (tertiary alicyclic amines) is 4. The zero-order valence-corrected chi connectivity index (χ0v) is 36.7. The van der Waals surface area contributed by atoms with Gasteiger partial charge in [-0.3, -0.25) is 34.2 Å². The van der Waals surface area contributed by atoms with Crippen LogP contribution in [0.5, 0.6) is 0 Å². The second kappa shape index (κ2) is 23.0. The molecule has 59 heavy (non-hydrogen) atoms. The Labute approximate surface area is 353 Å². The monoisotopic (exact) mass is 816 g/mol. The van der Waals surface area contributed by atoms with E-state index in [2.05, 4.69) is 80.8 Å². The van der Waals surface area contributed by atoms with E-state index in [4.69, 9.17) is 0 Å². The van der Waals surface area contributed by atoms with Crippen LogP contribution >= 0.6 is 0 Å². The topological polar surface area (TPSA) is 143 Å². The Morgan fingerprint density at radius 1 is 0.712 bits per heavy atom. The Morgan fingerprint density at radius 2 is 1.22 bits per heavy atom. The Balaban J connectivity index is 0.000000225. The summed E-state index contributed by atoms with van der Waals surface area (Å²) in [6.07, 6.45) is 17.3. The van der Waals surface area contributed by atoms with Gasteiger partial charge in [0.1, 0.15) is 0 Å². The molecule has 0 saturated carbocycles. The Hall–Kier alpha value is -4.10. The van der Waals surface area contributed by atoms with Crippen molar-refractivity contribution in [2.24, 2.45) is 17.8 Å². The van der Waals surface area contributed by atoms with E-state index < -0.39 is 0 Å². The molecular weight excluding hydrogens is 743 g/mol. The molecule has 0 spiro atoms. The third kappa shape index (κ3) is 14.3. The molecule has 4 fully saturated rings. The van der Waals surface area contributed by atoms with Gasteiger partial charge in [-0.1, -0.05) is 20.3 Å². The second-order valence-electron chi connectivity index (χ2n) is 17.9. The van der Waals surface area contributed by atoms with E-state index in [0.717, 1.165) is 136 Å². The third-order valence-corrected chi connectivity index (χ3v) is 13.2. The van der Waals surface area contributed by atoms with E-state index >= 15 is 0 Å². The number of unbranched alkanes of at least 4 members (excludes halogenated alkanes) is 1. The molecule has 5 amide bonds. The van der Waals surface area contributed by atoms with E-state index in [1.54, 1.807) is 0 Å². The first-order valence-electron chi connectivity index (χ1n) is 22.7. The molecule has 4 aliphatic rings. The minimum atomic E-state index is -0.204. The number of carbonyl (C=O) groups is 4. The van der Waals surface area contributed by atoms with Crippen molar-refractivity contribution in [2.45, 2.75) is 129 Å². The molecule has 0 aliphatic carbocycles. The first-order valence-corrected chi connectivity index (χ1v) is 22.7. The lowest BCUT2D eigenvalue weighted by atomic mass is 9.91. The molecule has 6 heterocycles. The molecule has 2 aromatic rings. The summed E-state index contributed by atoms with van der Waals surface area (Å²) in [5.41, 5.74) is 2.35. The highest BCUT2D eigenvalue weighted by atomic mass is 16.2. The Morgan fingerprint density at radius 3 is 1.76 bits per heavy atom. The normalized spacial score (nSPS) is 19.9.